The van der Waals surface area contributed by atoms with E-state index < -0.39 is 0 Å². The Morgan fingerprint density at radius 2 is 1.96 bits per heavy atom. The Hall–Kier alpha value is -2.67. The van der Waals surface area contributed by atoms with Crippen LogP contribution in [0, 0.1) is 6.92 Å². The van der Waals surface area contributed by atoms with Crippen LogP contribution in [0.2, 0.25) is 0 Å². The number of anilines is 1. The number of nitrogens with one attached hydrogen (secondary N) is 1. The molecule has 3 rings (SSSR count). The third-order valence-electron chi connectivity index (χ3n) is 4.50. The van der Waals surface area contributed by atoms with Gasteiger partial charge < -0.3 is 19.7 Å². The minimum Gasteiger partial charge on any atom is -0.494 e. The van der Waals surface area contributed by atoms with Crippen LogP contribution >= 0.6 is 0 Å². The van der Waals surface area contributed by atoms with Crippen LogP contribution in [0.4, 0.5) is 5.95 Å². The van der Waals surface area contributed by atoms with Crippen molar-refractivity contribution in [1.29, 1.82) is 0 Å². The van der Waals surface area contributed by atoms with E-state index in [0.29, 0.717) is 37.9 Å². The highest BCUT2D eigenvalue weighted by molar-refractivity contribution is 5.94. The number of hydrogen-bond donors (Lipinski definition) is 1. The second-order valence-electron chi connectivity index (χ2n) is 6.81. The maximum Gasteiger partial charge on any atom is 0.251 e. The molecule has 1 amide bonds. The van der Waals surface area contributed by atoms with Crippen molar-refractivity contribution in [1.82, 2.24) is 15.3 Å². The lowest BCUT2D eigenvalue weighted by molar-refractivity contribution is 0.0950. The number of amides is 1. The quantitative estimate of drug-likeness (QED) is 0.705. The van der Waals surface area contributed by atoms with Gasteiger partial charge in [0.05, 0.1) is 32.1 Å². The first-order valence-electron chi connectivity index (χ1n) is 9.84. The van der Waals surface area contributed by atoms with E-state index in [1.807, 2.05) is 25.1 Å². The first-order valence-corrected chi connectivity index (χ1v) is 9.84. The molecule has 1 aromatic heterocycles. The van der Waals surface area contributed by atoms with Gasteiger partial charge in [0, 0.05) is 24.3 Å². The number of nitrogens with zero attached hydrogens (tertiary/aromatic N) is 3. The van der Waals surface area contributed by atoms with Gasteiger partial charge >= 0.3 is 0 Å². The van der Waals surface area contributed by atoms with Crippen molar-refractivity contribution < 1.29 is 14.3 Å². The lowest BCUT2D eigenvalue weighted by Gasteiger charge is -2.27. The van der Waals surface area contributed by atoms with E-state index in [0.717, 1.165) is 43.1 Å². The number of aryl methyl sites for hydroxylation is 1. The minimum absolute atomic E-state index is 0.135. The molecule has 0 bridgehead atoms. The highest BCUT2D eigenvalue weighted by Crippen LogP contribution is 2.14. The van der Waals surface area contributed by atoms with Crippen LogP contribution in [-0.2, 0) is 11.3 Å². The number of aromatic nitrogens is 2. The third-order valence-corrected chi connectivity index (χ3v) is 4.50. The summed E-state index contributed by atoms with van der Waals surface area (Å²) in [6, 6.07) is 9.11. The van der Waals surface area contributed by atoms with Gasteiger partial charge in [-0.3, -0.25) is 4.79 Å². The van der Waals surface area contributed by atoms with E-state index in [4.69, 9.17) is 9.47 Å². The largest absolute Gasteiger partial charge is 0.494 e. The van der Waals surface area contributed by atoms with Crippen molar-refractivity contribution in [2.24, 2.45) is 0 Å². The zero-order chi connectivity index (χ0) is 19.8. The highest BCUT2D eigenvalue weighted by atomic mass is 16.5. The van der Waals surface area contributed by atoms with Gasteiger partial charge in [-0.1, -0.05) is 13.3 Å². The molecular weight excluding hydrogens is 356 g/mol. The molecule has 1 aliphatic heterocycles. The molecule has 2 aromatic rings. The number of unbranched alkanes of at least 4 members (excludes halogenated alkanes) is 1. The van der Waals surface area contributed by atoms with E-state index >= 15 is 0 Å². The lowest BCUT2D eigenvalue weighted by atomic mass is 10.2. The van der Waals surface area contributed by atoms with Crippen LogP contribution < -0.4 is 15.0 Å². The fraction of sp³-hybridized carbons (Fsp3) is 0.476. The number of ether oxygens (including phenoxy) is 2. The monoisotopic (exact) mass is 384 g/mol. The van der Waals surface area contributed by atoms with Gasteiger partial charge in [0.1, 0.15) is 5.75 Å². The molecule has 1 fully saturated rings. The third kappa shape index (κ3) is 5.66. The molecule has 0 unspecified atom stereocenters. The molecule has 150 valence electrons. The molecular formula is C21H28N4O3. The van der Waals surface area contributed by atoms with Crippen molar-refractivity contribution in [2.75, 3.05) is 37.8 Å². The molecule has 1 aromatic carbocycles. The van der Waals surface area contributed by atoms with Gasteiger partial charge in [0.2, 0.25) is 5.95 Å². The highest BCUT2D eigenvalue weighted by Gasteiger charge is 2.15. The maximum absolute atomic E-state index is 12.4. The summed E-state index contributed by atoms with van der Waals surface area (Å²) in [5, 5.41) is 2.93. The summed E-state index contributed by atoms with van der Waals surface area (Å²) >= 11 is 0. The van der Waals surface area contributed by atoms with Gasteiger partial charge in [-0.15, -0.1) is 0 Å². The Kier molecular flexibility index (Phi) is 7.19. The summed E-state index contributed by atoms with van der Waals surface area (Å²) in [5.74, 6) is 1.34. The standard InChI is InChI=1S/C21H28N4O3/c1-3-4-11-28-19-7-5-17(6-8-19)20(26)22-15-18-14-16(2)23-21(24-18)25-9-12-27-13-10-25/h5-8,14H,3-4,9-13,15H2,1-2H3,(H,22,26). The Bertz CT molecular complexity index is 774. The minimum atomic E-state index is -0.135. The smallest absolute Gasteiger partial charge is 0.251 e. The zero-order valence-corrected chi connectivity index (χ0v) is 16.6. The summed E-state index contributed by atoms with van der Waals surface area (Å²) in [5.41, 5.74) is 2.28. The van der Waals surface area contributed by atoms with Crippen molar-refractivity contribution in [3.05, 3.63) is 47.3 Å². The van der Waals surface area contributed by atoms with Crippen LogP contribution in [0.5, 0.6) is 5.75 Å². The van der Waals surface area contributed by atoms with E-state index in [-0.39, 0.29) is 5.91 Å². The molecule has 0 aliphatic carbocycles. The van der Waals surface area contributed by atoms with Crippen LogP contribution in [0.3, 0.4) is 0 Å². The molecule has 0 radical (unpaired) electrons. The molecule has 1 N–H and O–H groups in total. The fourth-order valence-electron chi connectivity index (χ4n) is 2.92. The van der Waals surface area contributed by atoms with Crippen molar-refractivity contribution in [2.45, 2.75) is 33.2 Å². The average Bonchev–Trinajstić information content (AvgIpc) is 2.73. The van der Waals surface area contributed by atoms with Crippen LogP contribution in [0.25, 0.3) is 0 Å². The number of carbonyl (C=O) groups excluding carboxylic acids is 1. The molecule has 1 saturated heterocycles. The Labute approximate surface area is 166 Å². The molecule has 2 heterocycles. The Morgan fingerprint density at radius 1 is 1.21 bits per heavy atom. The van der Waals surface area contributed by atoms with Gasteiger partial charge in [-0.2, -0.15) is 0 Å². The number of morpholine rings is 1. The number of benzene rings is 1. The number of carbonyl (C=O) groups is 1. The van der Waals surface area contributed by atoms with E-state index in [1.54, 1.807) is 12.1 Å². The molecule has 28 heavy (non-hydrogen) atoms. The normalized spacial score (nSPS) is 14.0. The van der Waals surface area contributed by atoms with Crippen molar-refractivity contribution >= 4 is 11.9 Å². The van der Waals surface area contributed by atoms with Gasteiger partial charge in [0.25, 0.3) is 5.91 Å². The predicted octanol–water partition coefficient (Wildman–Crippen LogP) is 2.73. The maximum atomic E-state index is 12.4. The van der Waals surface area contributed by atoms with Crippen LogP contribution in [0.1, 0.15) is 41.5 Å². The topological polar surface area (TPSA) is 76.6 Å². The average molecular weight is 384 g/mol. The molecule has 0 spiro atoms. The number of rotatable bonds is 8. The SMILES string of the molecule is CCCCOc1ccc(C(=O)NCc2cc(C)nc(N3CCOCC3)n2)cc1. The summed E-state index contributed by atoms with van der Waals surface area (Å²) in [6.07, 6.45) is 2.11. The van der Waals surface area contributed by atoms with Gasteiger partial charge in [-0.05, 0) is 43.7 Å². The predicted molar refractivity (Wildman–Crippen MR) is 108 cm³/mol. The van der Waals surface area contributed by atoms with Crippen LogP contribution in [0.15, 0.2) is 30.3 Å². The van der Waals surface area contributed by atoms with Gasteiger partial charge in [0.15, 0.2) is 0 Å². The van der Waals surface area contributed by atoms with E-state index in [2.05, 4.69) is 27.1 Å². The molecule has 7 nitrogen and oxygen atoms in total. The first-order chi connectivity index (χ1) is 13.7. The van der Waals surface area contributed by atoms with Crippen molar-refractivity contribution in [3.63, 3.8) is 0 Å². The second kappa shape index (κ2) is 10.0. The lowest BCUT2D eigenvalue weighted by Crippen LogP contribution is -2.37. The van der Waals surface area contributed by atoms with E-state index in [1.165, 1.54) is 0 Å². The second-order valence-corrected chi connectivity index (χ2v) is 6.81. The van der Waals surface area contributed by atoms with Crippen molar-refractivity contribution in [3.8, 4) is 5.75 Å². The molecule has 7 heteroatoms. The molecule has 0 atom stereocenters. The molecule has 0 saturated carbocycles. The van der Waals surface area contributed by atoms with Gasteiger partial charge in [-0.25, -0.2) is 9.97 Å². The molecule has 1 aliphatic rings. The van der Waals surface area contributed by atoms with Crippen LogP contribution in [-0.4, -0.2) is 48.8 Å². The Balaban J connectivity index is 1.57. The summed E-state index contributed by atoms with van der Waals surface area (Å²) in [4.78, 5) is 23.7. The summed E-state index contributed by atoms with van der Waals surface area (Å²) in [6.45, 7) is 8.04. The number of hydrogen-bond acceptors (Lipinski definition) is 6. The fourth-order valence-corrected chi connectivity index (χ4v) is 2.92. The summed E-state index contributed by atoms with van der Waals surface area (Å²) < 4.78 is 11.0. The summed E-state index contributed by atoms with van der Waals surface area (Å²) in [7, 11) is 0. The Morgan fingerprint density at radius 3 is 2.68 bits per heavy atom. The zero-order valence-electron chi connectivity index (χ0n) is 16.6. The van der Waals surface area contributed by atoms with E-state index in [9.17, 15) is 4.79 Å². The first kappa shape index (κ1) is 20.1.